The molecule has 1 aliphatic heterocycles. The first-order chi connectivity index (χ1) is 12.6. The van der Waals surface area contributed by atoms with Gasteiger partial charge in [0.2, 0.25) is 5.95 Å². The molecule has 1 atom stereocenters. The molecule has 2 aromatic rings. The summed E-state index contributed by atoms with van der Waals surface area (Å²) in [6.45, 7) is 7.02. The van der Waals surface area contributed by atoms with E-state index in [1.54, 1.807) is 14.2 Å². The smallest absolute Gasteiger partial charge is 0.227 e. The molecule has 2 heterocycles. The Morgan fingerprint density at radius 3 is 2.69 bits per heavy atom. The van der Waals surface area contributed by atoms with Crippen molar-refractivity contribution in [1.29, 1.82) is 0 Å². The first-order valence-electron chi connectivity index (χ1n) is 9.14. The maximum Gasteiger partial charge on any atom is 0.227 e. The fourth-order valence-corrected chi connectivity index (χ4v) is 3.34. The zero-order valence-corrected chi connectivity index (χ0v) is 16.1. The highest BCUT2D eigenvalue weighted by molar-refractivity contribution is 5.47. The highest BCUT2D eigenvalue weighted by Crippen LogP contribution is 2.28. The van der Waals surface area contributed by atoms with Gasteiger partial charge in [-0.15, -0.1) is 0 Å². The van der Waals surface area contributed by atoms with Crippen LogP contribution < -0.4 is 19.7 Å². The average Bonchev–Trinajstić information content (AvgIpc) is 2.65. The molecule has 6 nitrogen and oxygen atoms in total. The number of nitrogens with one attached hydrogen (secondary N) is 1. The van der Waals surface area contributed by atoms with Gasteiger partial charge in [0, 0.05) is 31.4 Å². The predicted molar refractivity (Wildman–Crippen MR) is 104 cm³/mol. The lowest BCUT2D eigenvalue weighted by molar-refractivity contribution is 0.354. The molecule has 1 N–H and O–H groups in total. The maximum absolute atomic E-state index is 5.37. The largest absolute Gasteiger partial charge is 0.493 e. The minimum atomic E-state index is 0.659. The molecule has 140 valence electrons. The Morgan fingerprint density at radius 2 is 1.96 bits per heavy atom. The Hall–Kier alpha value is -2.50. The minimum Gasteiger partial charge on any atom is -0.493 e. The molecule has 1 fully saturated rings. The molecular formula is C20H28N4O2. The number of hydrogen-bond acceptors (Lipinski definition) is 6. The Labute approximate surface area is 155 Å². The number of ether oxygens (including phenoxy) is 2. The molecule has 6 heteroatoms. The van der Waals surface area contributed by atoms with Gasteiger partial charge in [0.05, 0.1) is 14.2 Å². The van der Waals surface area contributed by atoms with E-state index in [0.29, 0.717) is 12.5 Å². The van der Waals surface area contributed by atoms with E-state index in [1.807, 2.05) is 31.2 Å². The van der Waals surface area contributed by atoms with Crippen molar-refractivity contribution >= 4 is 11.8 Å². The monoisotopic (exact) mass is 356 g/mol. The van der Waals surface area contributed by atoms with E-state index in [0.717, 1.165) is 47.6 Å². The van der Waals surface area contributed by atoms with Crippen LogP contribution in [-0.4, -0.2) is 37.3 Å². The zero-order chi connectivity index (χ0) is 18.5. The molecule has 0 aliphatic carbocycles. The molecule has 1 aromatic carbocycles. The number of hydrogen-bond donors (Lipinski definition) is 1. The van der Waals surface area contributed by atoms with Gasteiger partial charge in [0.25, 0.3) is 0 Å². The van der Waals surface area contributed by atoms with Crippen LogP contribution in [0.1, 0.15) is 31.0 Å². The number of rotatable bonds is 6. The quantitative estimate of drug-likeness (QED) is 0.852. The standard InChI is InChI=1S/C20H28N4O2/c1-14-6-5-9-24(13-14)20-22-15(2)10-19(23-20)21-12-16-7-8-17(25-3)18(11-16)26-4/h7-8,10-11,14H,5-6,9,12-13H2,1-4H3,(H,21,22,23). The summed E-state index contributed by atoms with van der Waals surface area (Å²) in [4.78, 5) is 11.7. The van der Waals surface area contributed by atoms with Crippen LogP contribution in [0.3, 0.4) is 0 Å². The van der Waals surface area contributed by atoms with Crippen molar-refractivity contribution in [1.82, 2.24) is 9.97 Å². The predicted octanol–water partition coefficient (Wildman–Crippen LogP) is 3.65. The SMILES string of the molecule is COc1ccc(CNc2cc(C)nc(N3CCCC(C)C3)n2)cc1OC. The summed E-state index contributed by atoms with van der Waals surface area (Å²) >= 11 is 0. The number of aryl methyl sites for hydroxylation is 1. The van der Waals surface area contributed by atoms with Gasteiger partial charge in [-0.05, 0) is 43.4 Å². The maximum atomic E-state index is 5.37. The van der Waals surface area contributed by atoms with E-state index in [1.165, 1.54) is 12.8 Å². The van der Waals surface area contributed by atoms with Crippen LogP contribution in [0.5, 0.6) is 11.5 Å². The molecule has 1 saturated heterocycles. The van der Waals surface area contributed by atoms with Gasteiger partial charge in [0.15, 0.2) is 11.5 Å². The van der Waals surface area contributed by atoms with E-state index < -0.39 is 0 Å². The van der Waals surface area contributed by atoms with Gasteiger partial charge in [0.1, 0.15) is 5.82 Å². The summed E-state index contributed by atoms with van der Waals surface area (Å²) in [5.41, 5.74) is 2.08. The summed E-state index contributed by atoms with van der Waals surface area (Å²) in [6.07, 6.45) is 2.49. The van der Waals surface area contributed by atoms with E-state index in [2.05, 4.69) is 22.1 Å². The lowest BCUT2D eigenvalue weighted by Crippen LogP contribution is -2.35. The molecule has 0 amide bonds. The number of anilines is 2. The van der Waals surface area contributed by atoms with Gasteiger partial charge >= 0.3 is 0 Å². The number of methoxy groups -OCH3 is 2. The molecular weight excluding hydrogens is 328 g/mol. The third-order valence-corrected chi connectivity index (χ3v) is 4.70. The van der Waals surface area contributed by atoms with Crippen molar-refractivity contribution in [2.24, 2.45) is 5.92 Å². The number of nitrogens with zero attached hydrogens (tertiary/aromatic N) is 3. The Morgan fingerprint density at radius 1 is 1.15 bits per heavy atom. The molecule has 0 spiro atoms. The normalized spacial score (nSPS) is 17.1. The highest BCUT2D eigenvalue weighted by atomic mass is 16.5. The second-order valence-electron chi connectivity index (χ2n) is 6.93. The molecule has 26 heavy (non-hydrogen) atoms. The van der Waals surface area contributed by atoms with Crippen molar-refractivity contribution in [3.8, 4) is 11.5 Å². The summed E-state index contributed by atoms with van der Waals surface area (Å²) in [5.74, 6) is 3.83. The van der Waals surface area contributed by atoms with Crippen molar-refractivity contribution in [3.63, 3.8) is 0 Å². The van der Waals surface area contributed by atoms with Gasteiger partial charge < -0.3 is 19.7 Å². The Kier molecular flexibility index (Phi) is 5.81. The van der Waals surface area contributed by atoms with Crippen LogP contribution in [0.4, 0.5) is 11.8 Å². The topological polar surface area (TPSA) is 59.5 Å². The average molecular weight is 356 g/mol. The molecule has 1 unspecified atom stereocenters. The van der Waals surface area contributed by atoms with Gasteiger partial charge in [-0.3, -0.25) is 0 Å². The Bertz CT molecular complexity index is 751. The van der Waals surface area contributed by atoms with Crippen LogP contribution in [0.15, 0.2) is 24.3 Å². The lowest BCUT2D eigenvalue weighted by Gasteiger charge is -2.31. The fourth-order valence-electron chi connectivity index (χ4n) is 3.34. The van der Waals surface area contributed by atoms with Gasteiger partial charge in [-0.2, -0.15) is 4.98 Å². The van der Waals surface area contributed by atoms with Crippen molar-refractivity contribution in [2.45, 2.75) is 33.2 Å². The fraction of sp³-hybridized carbons (Fsp3) is 0.500. The molecule has 0 radical (unpaired) electrons. The Balaban J connectivity index is 1.72. The van der Waals surface area contributed by atoms with Crippen molar-refractivity contribution < 1.29 is 9.47 Å². The van der Waals surface area contributed by atoms with Gasteiger partial charge in [-0.25, -0.2) is 4.98 Å². The second kappa shape index (κ2) is 8.25. The summed E-state index contributed by atoms with van der Waals surface area (Å²) in [5, 5.41) is 3.41. The minimum absolute atomic E-state index is 0.659. The lowest BCUT2D eigenvalue weighted by atomic mass is 10.0. The summed E-state index contributed by atoms with van der Waals surface area (Å²) < 4.78 is 10.7. The van der Waals surface area contributed by atoms with Crippen LogP contribution in [-0.2, 0) is 6.54 Å². The van der Waals surface area contributed by atoms with Crippen molar-refractivity contribution in [3.05, 3.63) is 35.5 Å². The van der Waals surface area contributed by atoms with Gasteiger partial charge in [-0.1, -0.05) is 13.0 Å². The molecule has 1 aliphatic rings. The van der Waals surface area contributed by atoms with Crippen molar-refractivity contribution in [2.75, 3.05) is 37.5 Å². The highest BCUT2D eigenvalue weighted by Gasteiger charge is 2.19. The third kappa shape index (κ3) is 4.36. The van der Waals surface area contributed by atoms with E-state index in [4.69, 9.17) is 14.5 Å². The number of benzene rings is 1. The molecule has 0 bridgehead atoms. The summed E-state index contributed by atoms with van der Waals surface area (Å²) in [6, 6.07) is 7.90. The molecule has 3 rings (SSSR count). The zero-order valence-electron chi connectivity index (χ0n) is 16.1. The van der Waals surface area contributed by atoms with E-state index >= 15 is 0 Å². The van der Waals surface area contributed by atoms with Crippen LogP contribution in [0.2, 0.25) is 0 Å². The second-order valence-corrected chi connectivity index (χ2v) is 6.93. The third-order valence-electron chi connectivity index (χ3n) is 4.70. The molecule has 0 saturated carbocycles. The number of aromatic nitrogens is 2. The summed E-state index contributed by atoms with van der Waals surface area (Å²) in [7, 11) is 3.29. The number of piperidine rings is 1. The first-order valence-corrected chi connectivity index (χ1v) is 9.14. The first kappa shape index (κ1) is 18.3. The molecule has 1 aromatic heterocycles. The van der Waals surface area contributed by atoms with Crippen LogP contribution in [0.25, 0.3) is 0 Å². The van der Waals surface area contributed by atoms with Crippen LogP contribution >= 0.6 is 0 Å². The van der Waals surface area contributed by atoms with E-state index in [-0.39, 0.29) is 0 Å². The van der Waals surface area contributed by atoms with Crippen LogP contribution in [0, 0.1) is 12.8 Å². The van der Waals surface area contributed by atoms with E-state index in [9.17, 15) is 0 Å².